The second kappa shape index (κ2) is 15.6. The van der Waals surface area contributed by atoms with Crippen molar-refractivity contribution in [3.05, 3.63) is 231 Å². The molecule has 0 atom stereocenters. The third kappa shape index (κ3) is 6.53. The van der Waals surface area contributed by atoms with Gasteiger partial charge in [0.05, 0.1) is 11.0 Å². The zero-order chi connectivity index (χ0) is 45.4. The maximum absolute atomic E-state index is 6.56. The van der Waals surface area contributed by atoms with E-state index < -0.39 is 0 Å². The third-order valence-corrected chi connectivity index (χ3v) is 13.5. The summed E-state index contributed by atoms with van der Waals surface area (Å²) < 4.78 is 15.4. The summed E-state index contributed by atoms with van der Waals surface area (Å²) in [6, 6.07) is 80.5. The summed E-state index contributed by atoms with van der Waals surface area (Å²) in [5, 5.41) is 6.48. The number of para-hydroxylation sites is 1. The van der Waals surface area contributed by atoms with Crippen molar-refractivity contribution in [2.75, 3.05) is 0 Å². The summed E-state index contributed by atoms with van der Waals surface area (Å²) in [6.07, 6.45) is 0. The molecule has 14 rings (SSSR count). The van der Waals surface area contributed by atoms with E-state index >= 15 is 0 Å². The van der Waals surface area contributed by atoms with Crippen molar-refractivity contribution in [3.63, 3.8) is 0 Å². The van der Waals surface area contributed by atoms with Gasteiger partial charge in [-0.05, 0) is 100 Å². The average molecular weight is 883 g/mol. The first-order valence-electron chi connectivity index (χ1n) is 23.2. The lowest BCUT2D eigenvalue weighted by Crippen LogP contribution is -2.00. The maximum atomic E-state index is 6.56. The molecule has 0 aliphatic carbocycles. The number of aromatic nitrogens is 4. The van der Waals surface area contributed by atoms with E-state index in [-0.39, 0.29) is 0 Å². The van der Waals surface area contributed by atoms with Gasteiger partial charge in [0.1, 0.15) is 22.3 Å². The lowest BCUT2D eigenvalue weighted by atomic mass is 9.99. The van der Waals surface area contributed by atoms with Gasteiger partial charge in [0.15, 0.2) is 17.5 Å². The lowest BCUT2D eigenvalue weighted by molar-refractivity contribution is 0.668. The van der Waals surface area contributed by atoms with Gasteiger partial charge in [0.25, 0.3) is 0 Å². The van der Waals surface area contributed by atoms with Crippen LogP contribution in [0, 0.1) is 0 Å². The van der Waals surface area contributed by atoms with Crippen molar-refractivity contribution in [2.45, 2.75) is 0 Å². The van der Waals surface area contributed by atoms with Crippen molar-refractivity contribution in [1.82, 2.24) is 19.5 Å². The number of hydrogen-bond donors (Lipinski definition) is 0. The monoisotopic (exact) mass is 882 g/mol. The summed E-state index contributed by atoms with van der Waals surface area (Å²) >= 11 is 0. The summed E-state index contributed by atoms with van der Waals surface area (Å²) in [5.74, 6) is 1.78. The predicted octanol–water partition coefficient (Wildman–Crippen LogP) is 16.8. The molecule has 322 valence electrons. The minimum absolute atomic E-state index is 0.576. The lowest BCUT2D eigenvalue weighted by Gasteiger charge is -2.10. The Balaban J connectivity index is 0.882. The third-order valence-electron chi connectivity index (χ3n) is 13.5. The van der Waals surface area contributed by atoms with Gasteiger partial charge in [-0.1, -0.05) is 164 Å². The Bertz CT molecular complexity index is 4290. The number of fused-ring (bicyclic) bond motifs is 9. The first-order valence-corrected chi connectivity index (χ1v) is 23.2. The van der Waals surface area contributed by atoms with Crippen LogP contribution in [0.2, 0.25) is 0 Å². The molecule has 4 heterocycles. The van der Waals surface area contributed by atoms with Crippen molar-refractivity contribution in [1.29, 1.82) is 0 Å². The fraction of sp³-hybridized carbons (Fsp3) is 0. The molecule has 6 heteroatoms. The Morgan fingerprint density at radius 1 is 0.275 bits per heavy atom. The molecular formula is C63H38N4O2. The zero-order valence-corrected chi connectivity index (χ0v) is 37.0. The van der Waals surface area contributed by atoms with Gasteiger partial charge in [-0.25, -0.2) is 15.0 Å². The van der Waals surface area contributed by atoms with Crippen LogP contribution in [0.3, 0.4) is 0 Å². The Labute approximate surface area is 396 Å². The first kappa shape index (κ1) is 38.8. The van der Waals surface area contributed by atoms with E-state index in [0.29, 0.717) is 17.5 Å². The molecule has 14 aromatic rings. The van der Waals surface area contributed by atoms with Gasteiger partial charge >= 0.3 is 0 Å². The Morgan fingerprint density at radius 3 is 1.46 bits per heavy atom. The second-order valence-corrected chi connectivity index (χ2v) is 17.6. The fourth-order valence-electron chi connectivity index (χ4n) is 10.1. The number of nitrogens with zero attached hydrogens (tertiary/aromatic N) is 4. The van der Waals surface area contributed by atoms with E-state index in [1.807, 2.05) is 48.5 Å². The average Bonchev–Trinajstić information content (AvgIpc) is 4.10. The van der Waals surface area contributed by atoms with Gasteiger partial charge in [0, 0.05) is 54.7 Å². The quantitative estimate of drug-likeness (QED) is 0.159. The van der Waals surface area contributed by atoms with Gasteiger partial charge in [-0.15, -0.1) is 0 Å². The van der Waals surface area contributed by atoms with E-state index in [2.05, 4.69) is 187 Å². The SMILES string of the molecule is c1ccc(-c2ccc(-c3nc(-c4ccccc4)nc(-c4cccc5oc6ccc(-c7ccc8oc9ccc(-n%10c%11ccccc%11c%11cc(-c%12ccccc%12)ccc%11%10)cc9c8c7)cc6c45)n3)cc2)cc1. The maximum Gasteiger partial charge on any atom is 0.164 e. The van der Waals surface area contributed by atoms with Gasteiger partial charge < -0.3 is 13.4 Å². The molecule has 0 aliphatic rings. The van der Waals surface area contributed by atoms with Gasteiger partial charge in [-0.3, -0.25) is 0 Å². The number of rotatable bonds is 7. The van der Waals surface area contributed by atoms with Crippen LogP contribution in [0.25, 0.3) is 139 Å². The minimum Gasteiger partial charge on any atom is -0.456 e. The van der Waals surface area contributed by atoms with Crippen LogP contribution in [0.15, 0.2) is 239 Å². The largest absolute Gasteiger partial charge is 0.456 e. The highest BCUT2D eigenvalue weighted by molar-refractivity contribution is 6.14. The van der Waals surface area contributed by atoms with Crippen LogP contribution in [0.5, 0.6) is 0 Å². The van der Waals surface area contributed by atoms with Gasteiger partial charge in [-0.2, -0.15) is 0 Å². The molecule has 0 saturated carbocycles. The number of hydrogen-bond acceptors (Lipinski definition) is 5. The molecule has 0 fully saturated rings. The van der Waals surface area contributed by atoms with Crippen molar-refractivity contribution < 1.29 is 8.83 Å². The van der Waals surface area contributed by atoms with Crippen LogP contribution in [0.4, 0.5) is 0 Å². The predicted molar refractivity (Wildman–Crippen MR) is 281 cm³/mol. The molecule has 0 radical (unpaired) electrons. The minimum atomic E-state index is 0.576. The number of furan rings is 2. The fourth-order valence-corrected chi connectivity index (χ4v) is 10.1. The van der Waals surface area contributed by atoms with E-state index in [9.17, 15) is 0 Å². The molecule has 69 heavy (non-hydrogen) atoms. The first-order chi connectivity index (χ1) is 34.2. The summed E-state index contributed by atoms with van der Waals surface area (Å²) in [4.78, 5) is 15.3. The Kier molecular flexibility index (Phi) is 8.79. The molecule has 0 saturated heterocycles. The topological polar surface area (TPSA) is 69.9 Å². The van der Waals surface area contributed by atoms with Gasteiger partial charge in [0.2, 0.25) is 0 Å². The Hall–Kier alpha value is -9.39. The standard InChI is InChI=1S/C63H38N4O2/c1-4-13-39(14-5-1)41-23-25-43(26-24-41)62-64-61(42-17-8-3-9-18-42)65-63(66-62)49-20-12-22-59-60(49)53-37-46(29-33-58(53)69-59)45-28-32-56-51(36-45)52-38-47(30-34-57(52)68-56)67-54-21-11-10-19-48(54)50-35-44(27-31-55(50)67)40-15-6-2-7-16-40/h1-38H. The highest BCUT2D eigenvalue weighted by Crippen LogP contribution is 2.41. The van der Waals surface area contributed by atoms with Crippen molar-refractivity contribution >= 4 is 65.7 Å². The number of benzene rings is 10. The van der Waals surface area contributed by atoms with E-state index in [0.717, 1.165) is 99.5 Å². The zero-order valence-electron chi connectivity index (χ0n) is 37.0. The molecule has 0 amide bonds. The molecule has 6 nitrogen and oxygen atoms in total. The molecule has 0 aliphatic heterocycles. The molecule has 0 bridgehead atoms. The molecule has 10 aromatic carbocycles. The highest BCUT2D eigenvalue weighted by Gasteiger charge is 2.20. The van der Waals surface area contributed by atoms with Crippen molar-refractivity contribution in [3.8, 4) is 73.2 Å². The molecule has 0 spiro atoms. The van der Waals surface area contributed by atoms with Crippen LogP contribution >= 0.6 is 0 Å². The van der Waals surface area contributed by atoms with Crippen LogP contribution in [-0.2, 0) is 0 Å². The summed E-state index contributed by atoms with van der Waals surface area (Å²) in [6.45, 7) is 0. The second-order valence-electron chi connectivity index (χ2n) is 17.6. The van der Waals surface area contributed by atoms with Crippen LogP contribution in [0.1, 0.15) is 0 Å². The highest BCUT2D eigenvalue weighted by atomic mass is 16.3. The summed E-state index contributed by atoms with van der Waals surface area (Å²) in [7, 11) is 0. The van der Waals surface area contributed by atoms with Crippen LogP contribution < -0.4 is 0 Å². The van der Waals surface area contributed by atoms with E-state index in [1.54, 1.807) is 0 Å². The Morgan fingerprint density at radius 2 is 0.739 bits per heavy atom. The van der Waals surface area contributed by atoms with Crippen LogP contribution in [-0.4, -0.2) is 19.5 Å². The molecule has 0 N–H and O–H groups in total. The molecular weight excluding hydrogens is 845 g/mol. The normalized spacial score (nSPS) is 11.8. The van der Waals surface area contributed by atoms with Crippen molar-refractivity contribution in [2.24, 2.45) is 0 Å². The molecule has 4 aromatic heterocycles. The van der Waals surface area contributed by atoms with E-state index in [1.165, 1.54) is 21.9 Å². The summed E-state index contributed by atoms with van der Waals surface area (Å²) in [5.41, 5.74) is 16.1. The molecule has 0 unspecified atom stereocenters. The smallest absolute Gasteiger partial charge is 0.164 e. The van der Waals surface area contributed by atoms with E-state index in [4.69, 9.17) is 23.8 Å².